The average molecular weight is 219 g/mol. The summed E-state index contributed by atoms with van der Waals surface area (Å²) in [5.74, 6) is 1.60. The molecule has 1 aliphatic heterocycles. The first-order valence-electron chi connectivity index (χ1n) is 5.39. The van der Waals surface area contributed by atoms with E-state index in [0.29, 0.717) is 0 Å². The number of hydrogen-bond donors (Lipinski definition) is 0. The fourth-order valence-corrected chi connectivity index (χ4v) is 2.07. The van der Waals surface area contributed by atoms with E-state index in [1.807, 2.05) is 22.7 Å². The minimum Gasteiger partial charge on any atom is -0.493 e. The fourth-order valence-electron chi connectivity index (χ4n) is 2.07. The van der Waals surface area contributed by atoms with Crippen molar-refractivity contribution in [2.75, 3.05) is 13.7 Å². The molecule has 5 heteroatoms. The third-order valence-corrected chi connectivity index (χ3v) is 2.86. The third-order valence-electron chi connectivity index (χ3n) is 2.86. The van der Waals surface area contributed by atoms with Crippen molar-refractivity contribution in [1.82, 2.24) is 14.6 Å². The standard InChI is InChI=1S/C11H13N3O2/c1-15-8-4-2-6-14-10(8)12-13-11(14)9-5-3-7-16-9/h2,4,6,9H,3,5,7H2,1H3. The maximum Gasteiger partial charge on any atom is 0.203 e. The predicted octanol–water partition coefficient (Wildman–Crippen LogP) is 1.59. The molecule has 0 bridgehead atoms. The molecule has 0 aliphatic carbocycles. The highest BCUT2D eigenvalue weighted by atomic mass is 16.5. The van der Waals surface area contributed by atoms with Crippen LogP contribution >= 0.6 is 0 Å². The van der Waals surface area contributed by atoms with Crippen LogP contribution in [-0.4, -0.2) is 28.3 Å². The van der Waals surface area contributed by atoms with Crippen molar-refractivity contribution in [2.45, 2.75) is 18.9 Å². The Morgan fingerprint density at radius 3 is 3.19 bits per heavy atom. The fraction of sp³-hybridized carbons (Fsp3) is 0.455. The molecule has 0 saturated carbocycles. The largest absolute Gasteiger partial charge is 0.493 e. The highest BCUT2D eigenvalue weighted by Crippen LogP contribution is 2.28. The Kier molecular flexibility index (Phi) is 2.25. The number of ether oxygens (including phenoxy) is 2. The van der Waals surface area contributed by atoms with Crippen molar-refractivity contribution in [3.05, 3.63) is 24.2 Å². The van der Waals surface area contributed by atoms with Gasteiger partial charge in [0.1, 0.15) is 6.10 Å². The zero-order valence-electron chi connectivity index (χ0n) is 9.09. The van der Waals surface area contributed by atoms with E-state index in [1.165, 1.54) is 0 Å². The van der Waals surface area contributed by atoms with Crippen LogP contribution in [0.15, 0.2) is 18.3 Å². The van der Waals surface area contributed by atoms with Gasteiger partial charge < -0.3 is 9.47 Å². The SMILES string of the molecule is COc1cccn2c(C3CCCO3)nnc12. The van der Waals surface area contributed by atoms with Crippen molar-refractivity contribution < 1.29 is 9.47 Å². The van der Waals surface area contributed by atoms with Crippen molar-refractivity contribution in [3.8, 4) is 5.75 Å². The summed E-state index contributed by atoms with van der Waals surface area (Å²) >= 11 is 0. The van der Waals surface area contributed by atoms with Crippen molar-refractivity contribution in [1.29, 1.82) is 0 Å². The van der Waals surface area contributed by atoms with Crippen LogP contribution in [0.3, 0.4) is 0 Å². The molecule has 0 amide bonds. The van der Waals surface area contributed by atoms with Crippen molar-refractivity contribution in [3.63, 3.8) is 0 Å². The Labute approximate surface area is 93.0 Å². The quantitative estimate of drug-likeness (QED) is 0.769. The van der Waals surface area contributed by atoms with Crippen LogP contribution in [0.25, 0.3) is 5.65 Å². The second-order valence-corrected chi connectivity index (χ2v) is 3.83. The summed E-state index contributed by atoms with van der Waals surface area (Å²) in [5.41, 5.74) is 0.746. The minimum atomic E-state index is 0.0714. The van der Waals surface area contributed by atoms with Gasteiger partial charge in [-0.25, -0.2) is 0 Å². The van der Waals surface area contributed by atoms with Crippen LogP contribution in [0.4, 0.5) is 0 Å². The van der Waals surface area contributed by atoms with Crippen LogP contribution in [-0.2, 0) is 4.74 Å². The van der Waals surface area contributed by atoms with Gasteiger partial charge in [0.25, 0.3) is 0 Å². The molecular formula is C11H13N3O2. The monoisotopic (exact) mass is 219 g/mol. The molecule has 0 N–H and O–H groups in total. The summed E-state index contributed by atoms with van der Waals surface area (Å²) in [4.78, 5) is 0. The molecule has 84 valence electrons. The number of methoxy groups -OCH3 is 1. The number of hydrogen-bond acceptors (Lipinski definition) is 4. The Hall–Kier alpha value is -1.62. The van der Waals surface area contributed by atoms with E-state index in [2.05, 4.69) is 10.2 Å². The topological polar surface area (TPSA) is 48.7 Å². The van der Waals surface area contributed by atoms with E-state index in [4.69, 9.17) is 9.47 Å². The molecule has 1 aliphatic rings. The van der Waals surface area contributed by atoms with Gasteiger partial charge in [0, 0.05) is 12.8 Å². The highest BCUT2D eigenvalue weighted by Gasteiger charge is 2.23. The summed E-state index contributed by atoms with van der Waals surface area (Å²) in [6.07, 6.45) is 4.11. The van der Waals surface area contributed by atoms with Gasteiger partial charge in [-0.2, -0.15) is 0 Å². The first-order valence-corrected chi connectivity index (χ1v) is 5.39. The van der Waals surface area contributed by atoms with E-state index in [1.54, 1.807) is 7.11 Å². The number of aromatic nitrogens is 3. The predicted molar refractivity (Wildman–Crippen MR) is 57.5 cm³/mol. The summed E-state index contributed by atoms with van der Waals surface area (Å²) < 4.78 is 12.8. The smallest absolute Gasteiger partial charge is 0.203 e. The van der Waals surface area contributed by atoms with E-state index >= 15 is 0 Å². The zero-order chi connectivity index (χ0) is 11.0. The molecule has 3 heterocycles. The zero-order valence-corrected chi connectivity index (χ0v) is 9.09. The van der Waals surface area contributed by atoms with Gasteiger partial charge in [0.05, 0.1) is 7.11 Å². The van der Waals surface area contributed by atoms with Crippen LogP contribution in [0, 0.1) is 0 Å². The van der Waals surface area contributed by atoms with Crippen LogP contribution < -0.4 is 4.74 Å². The lowest BCUT2D eigenvalue weighted by atomic mass is 10.2. The summed E-state index contributed by atoms with van der Waals surface area (Å²) in [6.45, 7) is 0.809. The molecule has 2 aromatic heterocycles. The van der Waals surface area contributed by atoms with E-state index < -0.39 is 0 Å². The molecule has 5 nitrogen and oxygen atoms in total. The lowest BCUT2D eigenvalue weighted by molar-refractivity contribution is 0.104. The van der Waals surface area contributed by atoms with Gasteiger partial charge in [-0.1, -0.05) is 0 Å². The van der Waals surface area contributed by atoms with E-state index in [0.717, 1.165) is 36.7 Å². The van der Waals surface area contributed by atoms with Gasteiger partial charge in [0.2, 0.25) is 5.65 Å². The first kappa shape index (κ1) is 9.59. The maximum atomic E-state index is 5.61. The molecule has 1 atom stereocenters. The summed E-state index contributed by atoms with van der Waals surface area (Å²) in [6, 6.07) is 3.80. The minimum absolute atomic E-state index is 0.0714. The first-order chi connectivity index (χ1) is 7.90. The Balaban J connectivity index is 2.12. The van der Waals surface area contributed by atoms with E-state index in [9.17, 15) is 0 Å². The molecule has 3 rings (SSSR count). The van der Waals surface area contributed by atoms with Gasteiger partial charge in [0.15, 0.2) is 11.6 Å². The summed E-state index contributed by atoms with van der Waals surface area (Å²) in [7, 11) is 1.63. The van der Waals surface area contributed by atoms with Crippen LogP contribution in [0.5, 0.6) is 5.75 Å². The molecule has 0 radical (unpaired) electrons. The molecular weight excluding hydrogens is 206 g/mol. The highest BCUT2D eigenvalue weighted by molar-refractivity contribution is 5.53. The second kappa shape index (κ2) is 3.75. The number of pyridine rings is 1. The Morgan fingerprint density at radius 1 is 1.50 bits per heavy atom. The second-order valence-electron chi connectivity index (χ2n) is 3.83. The molecule has 2 aromatic rings. The Bertz CT molecular complexity index is 503. The molecule has 1 saturated heterocycles. The van der Waals surface area contributed by atoms with Gasteiger partial charge in [-0.3, -0.25) is 4.40 Å². The van der Waals surface area contributed by atoms with Gasteiger partial charge >= 0.3 is 0 Å². The molecule has 0 spiro atoms. The normalized spacial score (nSPS) is 20.4. The van der Waals surface area contributed by atoms with Crippen LogP contribution in [0.2, 0.25) is 0 Å². The lowest BCUT2D eigenvalue weighted by Crippen LogP contribution is -2.02. The maximum absolute atomic E-state index is 5.61. The number of nitrogens with zero attached hydrogens (tertiary/aromatic N) is 3. The summed E-state index contributed by atoms with van der Waals surface area (Å²) in [5, 5.41) is 8.34. The van der Waals surface area contributed by atoms with E-state index in [-0.39, 0.29) is 6.10 Å². The third kappa shape index (κ3) is 1.36. The number of fused-ring (bicyclic) bond motifs is 1. The average Bonchev–Trinajstić information content (AvgIpc) is 2.96. The van der Waals surface area contributed by atoms with Crippen molar-refractivity contribution >= 4 is 5.65 Å². The van der Waals surface area contributed by atoms with Gasteiger partial charge in [-0.15, -0.1) is 10.2 Å². The molecule has 0 aromatic carbocycles. The molecule has 16 heavy (non-hydrogen) atoms. The Morgan fingerprint density at radius 2 is 2.44 bits per heavy atom. The van der Waals surface area contributed by atoms with Crippen LogP contribution in [0.1, 0.15) is 24.8 Å². The molecule has 1 fully saturated rings. The lowest BCUT2D eigenvalue weighted by Gasteiger charge is -2.07. The molecule has 1 unspecified atom stereocenters. The van der Waals surface area contributed by atoms with Crippen molar-refractivity contribution in [2.24, 2.45) is 0 Å². The number of rotatable bonds is 2. The van der Waals surface area contributed by atoms with Gasteiger partial charge in [-0.05, 0) is 25.0 Å².